The van der Waals surface area contributed by atoms with Crippen LogP contribution < -0.4 is 4.74 Å². The lowest BCUT2D eigenvalue weighted by Gasteiger charge is -2.09. The molecule has 0 aliphatic carbocycles. The van der Waals surface area contributed by atoms with Gasteiger partial charge in [0.05, 0.1) is 22.1 Å². The first-order valence-corrected chi connectivity index (χ1v) is 5.99. The quantitative estimate of drug-likeness (QED) is 0.486. The van der Waals surface area contributed by atoms with E-state index >= 15 is 0 Å². The minimum absolute atomic E-state index is 0.0140. The summed E-state index contributed by atoms with van der Waals surface area (Å²) in [5.74, 6) is -0.121. The highest BCUT2D eigenvalue weighted by molar-refractivity contribution is 5.97. The molecule has 21 heavy (non-hydrogen) atoms. The Balaban J connectivity index is 2.51. The van der Waals surface area contributed by atoms with Crippen molar-refractivity contribution < 1.29 is 14.5 Å². The summed E-state index contributed by atoms with van der Waals surface area (Å²) >= 11 is 0. The van der Waals surface area contributed by atoms with Crippen LogP contribution in [0.5, 0.6) is 11.5 Å². The zero-order chi connectivity index (χ0) is 15.4. The second-order valence-corrected chi connectivity index (χ2v) is 4.21. The number of Topliss-reactive ketones (excluding diaryl/α,β-unsaturated/α-hetero) is 1. The van der Waals surface area contributed by atoms with Gasteiger partial charge in [0.1, 0.15) is 5.75 Å². The first-order chi connectivity index (χ1) is 10.0. The molecule has 6 nitrogen and oxygen atoms in total. The summed E-state index contributed by atoms with van der Waals surface area (Å²) in [5.41, 5.74) is 0.343. The zero-order valence-electron chi connectivity index (χ0n) is 11.1. The molecular weight excluding hydrogens is 272 g/mol. The van der Waals surface area contributed by atoms with Gasteiger partial charge in [-0.3, -0.25) is 14.9 Å². The Hall–Kier alpha value is -3.20. The van der Waals surface area contributed by atoms with E-state index in [9.17, 15) is 14.9 Å². The summed E-state index contributed by atoms with van der Waals surface area (Å²) in [6, 6.07) is 12.1. The van der Waals surface area contributed by atoms with Crippen LogP contribution >= 0.6 is 0 Å². The minimum Gasteiger partial charge on any atom is -0.449 e. The van der Waals surface area contributed by atoms with Crippen molar-refractivity contribution in [3.63, 3.8) is 0 Å². The van der Waals surface area contributed by atoms with Crippen LogP contribution in [0.4, 0.5) is 5.69 Å². The van der Waals surface area contributed by atoms with Gasteiger partial charge in [-0.25, -0.2) is 0 Å². The number of rotatable bonds is 4. The fraction of sp³-hybridized carbons (Fsp3) is 0.0667. The van der Waals surface area contributed by atoms with E-state index in [1.54, 1.807) is 6.07 Å². The first kappa shape index (κ1) is 14.2. The summed E-state index contributed by atoms with van der Waals surface area (Å²) in [6.07, 6.45) is 0. The summed E-state index contributed by atoms with van der Waals surface area (Å²) in [6.45, 7) is 1.35. The molecule has 0 unspecified atom stereocenters. The van der Waals surface area contributed by atoms with Gasteiger partial charge >= 0.3 is 5.69 Å². The molecule has 2 aromatic rings. The average Bonchev–Trinajstić information content (AvgIpc) is 2.47. The fourth-order valence-electron chi connectivity index (χ4n) is 1.78. The number of nitriles is 1. The van der Waals surface area contributed by atoms with Gasteiger partial charge in [0.25, 0.3) is 0 Å². The van der Waals surface area contributed by atoms with E-state index < -0.39 is 4.92 Å². The second kappa shape index (κ2) is 5.84. The van der Waals surface area contributed by atoms with E-state index in [1.807, 2.05) is 6.07 Å². The van der Waals surface area contributed by atoms with Gasteiger partial charge in [-0.1, -0.05) is 12.1 Å². The van der Waals surface area contributed by atoms with Crippen LogP contribution in [0.1, 0.15) is 22.8 Å². The third-order valence-corrected chi connectivity index (χ3v) is 2.77. The molecule has 0 fully saturated rings. The van der Waals surface area contributed by atoms with Crippen molar-refractivity contribution >= 4 is 11.5 Å². The molecule has 2 aromatic carbocycles. The maximum absolute atomic E-state index is 11.6. The Bertz CT molecular complexity index is 763. The Morgan fingerprint density at radius 2 is 1.95 bits per heavy atom. The molecule has 0 radical (unpaired) electrons. The van der Waals surface area contributed by atoms with Crippen LogP contribution in [-0.4, -0.2) is 10.7 Å². The van der Waals surface area contributed by atoms with E-state index in [-0.39, 0.29) is 28.5 Å². The maximum Gasteiger partial charge on any atom is 0.311 e. The number of ether oxygens (including phenoxy) is 1. The van der Waals surface area contributed by atoms with Gasteiger partial charge in [0.15, 0.2) is 5.78 Å². The summed E-state index contributed by atoms with van der Waals surface area (Å²) in [7, 11) is 0. The lowest BCUT2D eigenvalue weighted by molar-refractivity contribution is -0.385. The number of nitro groups is 1. The van der Waals surface area contributed by atoms with E-state index in [2.05, 4.69) is 0 Å². The van der Waals surface area contributed by atoms with Crippen LogP contribution in [0, 0.1) is 21.4 Å². The number of carbonyl (C=O) groups is 1. The molecule has 0 amide bonds. The molecule has 0 aliphatic rings. The largest absolute Gasteiger partial charge is 0.449 e. The van der Waals surface area contributed by atoms with Gasteiger partial charge in [-0.15, -0.1) is 0 Å². The Labute approximate surface area is 120 Å². The SMILES string of the molecule is CC(=O)c1ccc(C#N)cc1Oc1ccccc1[N+](=O)[O-]. The third kappa shape index (κ3) is 3.04. The number of nitrogens with zero attached hydrogens (tertiary/aromatic N) is 2. The minimum atomic E-state index is -0.573. The van der Waals surface area contributed by atoms with Crippen LogP contribution in [0.3, 0.4) is 0 Å². The van der Waals surface area contributed by atoms with Gasteiger partial charge < -0.3 is 4.74 Å². The standard InChI is InChI=1S/C15H10N2O4/c1-10(18)12-7-6-11(9-16)8-15(12)21-14-5-3-2-4-13(14)17(19)20/h2-8H,1H3. The summed E-state index contributed by atoms with van der Waals surface area (Å²) in [4.78, 5) is 22.0. The number of para-hydroxylation sites is 2. The van der Waals surface area contributed by atoms with Crippen molar-refractivity contribution in [2.24, 2.45) is 0 Å². The fourth-order valence-corrected chi connectivity index (χ4v) is 1.78. The average molecular weight is 282 g/mol. The van der Waals surface area contributed by atoms with Crippen molar-refractivity contribution in [1.82, 2.24) is 0 Å². The number of hydrogen-bond acceptors (Lipinski definition) is 5. The summed E-state index contributed by atoms with van der Waals surface area (Å²) < 4.78 is 5.49. The highest BCUT2D eigenvalue weighted by atomic mass is 16.6. The first-order valence-electron chi connectivity index (χ1n) is 5.99. The monoisotopic (exact) mass is 282 g/mol. The molecular formula is C15H10N2O4. The molecule has 0 spiro atoms. The predicted octanol–water partition coefficient (Wildman–Crippen LogP) is 3.46. The Morgan fingerprint density at radius 3 is 2.57 bits per heavy atom. The van der Waals surface area contributed by atoms with E-state index in [4.69, 9.17) is 10.00 Å². The number of ketones is 1. The van der Waals surface area contributed by atoms with Gasteiger partial charge in [0.2, 0.25) is 5.75 Å². The lowest BCUT2D eigenvalue weighted by Crippen LogP contribution is -1.99. The van der Waals surface area contributed by atoms with Crippen LogP contribution in [0.2, 0.25) is 0 Å². The van der Waals surface area contributed by atoms with E-state index in [0.29, 0.717) is 5.56 Å². The molecule has 0 saturated heterocycles. The second-order valence-electron chi connectivity index (χ2n) is 4.21. The number of carbonyl (C=O) groups excluding carboxylic acids is 1. The van der Waals surface area contributed by atoms with Crippen molar-refractivity contribution in [2.75, 3.05) is 0 Å². The van der Waals surface area contributed by atoms with Crippen molar-refractivity contribution in [3.05, 3.63) is 63.7 Å². The molecule has 104 valence electrons. The van der Waals surface area contributed by atoms with Crippen molar-refractivity contribution in [2.45, 2.75) is 6.92 Å². The highest BCUT2D eigenvalue weighted by Gasteiger charge is 2.17. The molecule has 0 aromatic heterocycles. The van der Waals surface area contributed by atoms with Crippen molar-refractivity contribution in [3.8, 4) is 17.6 Å². The van der Waals surface area contributed by atoms with Gasteiger partial charge in [-0.2, -0.15) is 5.26 Å². The predicted molar refractivity (Wildman–Crippen MR) is 74.3 cm³/mol. The molecule has 0 bridgehead atoms. The third-order valence-electron chi connectivity index (χ3n) is 2.77. The Kier molecular flexibility index (Phi) is 3.95. The van der Waals surface area contributed by atoms with Crippen LogP contribution in [-0.2, 0) is 0 Å². The van der Waals surface area contributed by atoms with Crippen LogP contribution in [0.25, 0.3) is 0 Å². The number of nitro benzene ring substituents is 1. The molecule has 0 saturated carbocycles. The van der Waals surface area contributed by atoms with E-state index in [1.165, 1.54) is 43.3 Å². The smallest absolute Gasteiger partial charge is 0.311 e. The zero-order valence-corrected chi connectivity index (χ0v) is 11.1. The Morgan fingerprint density at radius 1 is 1.24 bits per heavy atom. The van der Waals surface area contributed by atoms with Crippen LogP contribution in [0.15, 0.2) is 42.5 Å². The molecule has 2 rings (SSSR count). The molecule has 0 aliphatic heterocycles. The maximum atomic E-state index is 11.6. The number of benzene rings is 2. The van der Waals surface area contributed by atoms with E-state index in [0.717, 1.165) is 0 Å². The van der Waals surface area contributed by atoms with Gasteiger partial charge in [0, 0.05) is 6.07 Å². The highest BCUT2D eigenvalue weighted by Crippen LogP contribution is 2.33. The van der Waals surface area contributed by atoms with Gasteiger partial charge in [-0.05, 0) is 31.2 Å². The normalized spacial score (nSPS) is 9.71. The molecule has 0 atom stereocenters. The topological polar surface area (TPSA) is 93.2 Å². The number of hydrogen-bond donors (Lipinski definition) is 0. The lowest BCUT2D eigenvalue weighted by atomic mass is 10.1. The molecule has 0 N–H and O–H groups in total. The molecule has 0 heterocycles. The summed E-state index contributed by atoms with van der Waals surface area (Å²) in [5, 5.41) is 19.9. The van der Waals surface area contributed by atoms with Crippen molar-refractivity contribution in [1.29, 1.82) is 5.26 Å². The molecule has 6 heteroatoms.